The third-order valence-electron chi connectivity index (χ3n) is 6.23. The average molecular weight is 463 g/mol. The minimum absolute atomic E-state index is 0.0882. The van der Waals surface area contributed by atoms with E-state index >= 15 is 0 Å². The summed E-state index contributed by atoms with van der Waals surface area (Å²) in [7, 11) is -0.735. The molecule has 9 heteroatoms. The molecule has 0 aromatic heterocycles. The molecule has 0 aliphatic carbocycles. The molecule has 4 rings (SSSR count). The Hall–Kier alpha value is -3.43. The van der Waals surface area contributed by atoms with Gasteiger partial charge in [-0.05, 0) is 56.4 Å². The lowest BCUT2D eigenvalue weighted by atomic mass is 9.77. The van der Waals surface area contributed by atoms with Crippen LogP contribution in [0, 0.1) is 0 Å². The number of amides is 1. The number of esters is 2. The molecule has 0 bridgehead atoms. The number of cyclic esters (lactones) is 2. The molecule has 0 atom stereocenters. The maximum atomic E-state index is 12.3. The number of fused-ring (bicyclic) bond motifs is 1. The molecular formula is C25H26BNO7. The first-order valence-electron chi connectivity index (χ1n) is 11.0. The number of hydrogen-bond acceptors (Lipinski definition) is 7. The van der Waals surface area contributed by atoms with Gasteiger partial charge in [-0.1, -0.05) is 42.5 Å². The monoisotopic (exact) mass is 463 g/mol. The summed E-state index contributed by atoms with van der Waals surface area (Å²) < 4.78 is 22.3. The summed E-state index contributed by atoms with van der Waals surface area (Å²) in [5, 5.41) is 2.74. The Labute approximate surface area is 198 Å². The summed E-state index contributed by atoms with van der Waals surface area (Å²) in [6.07, 6.45) is 1.17. The van der Waals surface area contributed by atoms with E-state index in [1.54, 1.807) is 18.2 Å². The number of benzene rings is 2. The van der Waals surface area contributed by atoms with Gasteiger partial charge in [-0.2, -0.15) is 0 Å². The number of alkyl carbamates (subject to hydrolysis) is 1. The second kappa shape index (κ2) is 9.08. The fourth-order valence-corrected chi connectivity index (χ4v) is 3.55. The van der Waals surface area contributed by atoms with Crippen molar-refractivity contribution in [2.24, 2.45) is 0 Å². The summed E-state index contributed by atoms with van der Waals surface area (Å²) >= 11 is 0. The molecule has 0 unspecified atom stereocenters. The highest BCUT2D eigenvalue weighted by molar-refractivity contribution is 6.56. The van der Waals surface area contributed by atoms with Gasteiger partial charge in [-0.15, -0.1) is 0 Å². The number of carbonyl (C=O) groups excluding carboxylic acids is 3. The van der Waals surface area contributed by atoms with E-state index in [2.05, 4.69) is 10.1 Å². The van der Waals surface area contributed by atoms with Gasteiger partial charge in [0.1, 0.15) is 6.61 Å². The van der Waals surface area contributed by atoms with E-state index in [-0.39, 0.29) is 24.3 Å². The lowest BCUT2D eigenvalue weighted by molar-refractivity contribution is 0.00578. The molecule has 176 valence electrons. The van der Waals surface area contributed by atoms with E-state index in [0.29, 0.717) is 11.0 Å². The third kappa shape index (κ3) is 4.90. The fourth-order valence-electron chi connectivity index (χ4n) is 3.55. The number of nitrogens with one attached hydrogen (secondary N) is 1. The molecule has 2 aliphatic heterocycles. The van der Waals surface area contributed by atoms with Crippen LogP contribution in [-0.2, 0) is 25.4 Å². The van der Waals surface area contributed by atoms with Crippen molar-refractivity contribution in [1.29, 1.82) is 0 Å². The van der Waals surface area contributed by atoms with Crippen LogP contribution in [-0.4, -0.2) is 42.9 Å². The number of rotatable bonds is 6. The van der Waals surface area contributed by atoms with Gasteiger partial charge in [0.2, 0.25) is 0 Å². The van der Waals surface area contributed by atoms with Gasteiger partial charge in [0, 0.05) is 6.54 Å². The van der Waals surface area contributed by atoms with Gasteiger partial charge in [0.25, 0.3) is 0 Å². The standard InChI is InChI=1S/C25H26BNO7/c1-24(2)25(3,4)34-26(33-24)18(14-27-23(30)31-15-16-8-6-5-7-9-16)12-17-10-11-19-20(13-17)22(29)32-21(19)28/h5-13H,14-15H2,1-4H3,(H,27,30). The van der Waals surface area contributed by atoms with E-state index < -0.39 is 36.4 Å². The van der Waals surface area contributed by atoms with Crippen molar-refractivity contribution in [2.45, 2.75) is 45.5 Å². The first-order chi connectivity index (χ1) is 16.1. The van der Waals surface area contributed by atoms with Crippen LogP contribution in [0.1, 0.15) is 59.5 Å². The van der Waals surface area contributed by atoms with Gasteiger partial charge in [-0.3, -0.25) is 0 Å². The minimum Gasteiger partial charge on any atom is -0.445 e. The molecule has 0 spiro atoms. The topological polar surface area (TPSA) is 100 Å². The summed E-state index contributed by atoms with van der Waals surface area (Å²) in [6, 6.07) is 14.2. The summed E-state index contributed by atoms with van der Waals surface area (Å²) in [4.78, 5) is 36.0. The quantitative estimate of drug-likeness (QED) is 0.394. The van der Waals surface area contributed by atoms with Crippen LogP contribution in [0.15, 0.2) is 54.0 Å². The van der Waals surface area contributed by atoms with Crippen molar-refractivity contribution in [3.05, 3.63) is 76.3 Å². The molecule has 2 aliphatic rings. The second-order valence-electron chi connectivity index (χ2n) is 9.20. The van der Waals surface area contributed by atoms with E-state index in [4.69, 9.17) is 14.0 Å². The zero-order chi connectivity index (χ0) is 24.5. The molecular weight excluding hydrogens is 437 g/mol. The van der Waals surface area contributed by atoms with Crippen LogP contribution in [0.2, 0.25) is 0 Å². The first-order valence-corrected chi connectivity index (χ1v) is 11.0. The third-order valence-corrected chi connectivity index (χ3v) is 6.23. The molecule has 2 aromatic carbocycles. The number of ether oxygens (including phenoxy) is 2. The molecule has 2 aromatic rings. The predicted molar refractivity (Wildman–Crippen MR) is 125 cm³/mol. The average Bonchev–Trinajstić information content (AvgIpc) is 3.19. The van der Waals surface area contributed by atoms with Crippen molar-refractivity contribution in [1.82, 2.24) is 5.32 Å². The Morgan fingerprint density at radius 1 is 0.971 bits per heavy atom. The lowest BCUT2D eigenvalue weighted by Crippen LogP contribution is -2.41. The lowest BCUT2D eigenvalue weighted by Gasteiger charge is -2.32. The van der Waals surface area contributed by atoms with Crippen LogP contribution < -0.4 is 5.32 Å². The van der Waals surface area contributed by atoms with Gasteiger partial charge in [0.05, 0.1) is 22.3 Å². The molecule has 1 saturated heterocycles. The smallest absolute Gasteiger partial charge is 0.445 e. The van der Waals surface area contributed by atoms with Crippen LogP contribution >= 0.6 is 0 Å². The zero-order valence-electron chi connectivity index (χ0n) is 19.5. The van der Waals surface area contributed by atoms with Crippen molar-refractivity contribution in [2.75, 3.05) is 6.54 Å². The maximum absolute atomic E-state index is 12.3. The van der Waals surface area contributed by atoms with Crippen molar-refractivity contribution in [3.8, 4) is 0 Å². The van der Waals surface area contributed by atoms with E-state index in [0.717, 1.165) is 5.56 Å². The molecule has 0 radical (unpaired) electrons. The fraction of sp³-hybridized carbons (Fsp3) is 0.320. The summed E-state index contributed by atoms with van der Waals surface area (Å²) in [6.45, 7) is 7.97. The molecule has 2 heterocycles. The van der Waals surface area contributed by atoms with Crippen LogP contribution in [0.4, 0.5) is 4.79 Å². The Kier molecular flexibility index (Phi) is 6.33. The molecule has 1 fully saturated rings. The Morgan fingerprint density at radius 3 is 2.29 bits per heavy atom. The highest BCUT2D eigenvalue weighted by Gasteiger charge is 2.52. The molecule has 34 heavy (non-hydrogen) atoms. The molecule has 1 N–H and O–H groups in total. The van der Waals surface area contributed by atoms with Crippen LogP contribution in [0.25, 0.3) is 6.08 Å². The van der Waals surface area contributed by atoms with Gasteiger partial charge in [0.15, 0.2) is 0 Å². The van der Waals surface area contributed by atoms with Crippen molar-refractivity contribution < 1.29 is 33.2 Å². The minimum atomic E-state index is -0.735. The number of hydrogen-bond donors (Lipinski definition) is 1. The predicted octanol–water partition coefficient (Wildman–Crippen LogP) is 3.94. The second-order valence-corrected chi connectivity index (χ2v) is 9.20. The van der Waals surface area contributed by atoms with Gasteiger partial charge >= 0.3 is 25.2 Å². The zero-order valence-corrected chi connectivity index (χ0v) is 19.5. The highest BCUT2D eigenvalue weighted by Crippen LogP contribution is 2.39. The molecule has 8 nitrogen and oxygen atoms in total. The normalized spacial score (nSPS) is 18.5. The SMILES string of the molecule is CC1(C)OB(C(=Cc2ccc3c(c2)C(=O)OC3=O)CNC(=O)OCc2ccccc2)OC1(C)C. The van der Waals surface area contributed by atoms with Gasteiger partial charge in [-0.25, -0.2) is 14.4 Å². The van der Waals surface area contributed by atoms with Crippen LogP contribution in [0.5, 0.6) is 0 Å². The Balaban J connectivity index is 1.53. The van der Waals surface area contributed by atoms with Crippen molar-refractivity contribution in [3.63, 3.8) is 0 Å². The van der Waals surface area contributed by atoms with E-state index in [1.807, 2.05) is 58.0 Å². The summed E-state index contributed by atoms with van der Waals surface area (Å²) in [5.41, 5.74) is 1.38. The van der Waals surface area contributed by atoms with E-state index in [1.165, 1.54) is 6.07 Å². The maximum Gasteiger partial charge on any atom is 0.492 e. The van der Waals surface area contributed by atoms with Crippen LogP contribution in [0.3, 0.4) is 0 Å². The first kappa shape index (κ1) is 23.7. The largest absolute Gasteiger partial charge is 0.492 e. The Morgan fingerprint density at radius 2 is 1.62 bits per heavy atom. The highest BCUT2D eigenvalue weighted by atomic mass is 16.7. The molecule has 1 amide bonds. The Bertz CT molecular complexity index is 1140. The van der Waals surface area contributed by atoms with E-state index in [9.17, 15) is 14.4 Å². The number of carbonyl (C=O) groups is 3. The van der Waals surface area contributed by atoms with Gasteiger partial charge < -0.3 is 24.1 Å². The molecule has 0 saturated carbocycles. The van der Waals surface area contributed by atoms with Crippen molar-refractivity contribution >= 4 is 31.2 Å². The summed E-state index contributed by atoms with van der Waals surface area (Å²) in [5.74, 6) is -1.35.